The lowest BCUT2D eigenvalue weighted by Gasteiger charge is -2.38. The Kier molecular flexibility index (Phi) is 5.17. The largest absolute Gasteiger partial charge is 0.394 e. The molecule has 106 valence electrons. The number of hydrogen-bond acceptors (Lipinski definition) is 3. The average Bonchev–Trinajstić information content (AvgIpc) is 2.29. The highest BCUT2D eigenvalue weighted by Gasteiger charge is 2.35. The first kappa shape index (κ1) is 15.4. The van der Waals surface area contributed by atoms with Crippen LogP contribution in [0.3, 0.4) is 0 Å². The van der Waals surface area contributed by atoms with Gasteiger partial charge in [0.25, 0.3) is 0 Å². The molecule has 0 bridgehead atoms. The van der Waals surface area contributed by atoms with E-state index in [2.05, 4.69) is 12.2 Å². The van der Waals surface area contributed by atoms with E-state index in [-0.39, 0.29) is 24.7 Å². The van der Waals surface area contributed by atoms with Crippen LogP contribution in [0.5, 0.6) is 0 Å². The molecule has 2 N–H and O–H groups in total. The molecule has 1 aliphatic rings. The molecule has 1 fully saturated rings. The molecule has 18 heavy (non-hydrogen) atoms. The van der Waals surface area contributed by atoms with Crippen LogP contribution in [0.2, 0.25) is 0 Å². The second-order valence-corrected chi connectivity index (χ2v) is 6.57. The van der Waals surface area contributed by atoms with Crippen LogP contribution in [-0.4, -0.2) is 35.4 Å². The summed E-state index contributed by atoms with van der Waals surface area (Å²) in [6, 6.07) is 0. The number of aliphatic hydroxyl groups is 1. The van der Waals surface area contributed by atoms with Gasteiger partial charge in [-0.1, -0.05) is 6.92 Å². The summed E-state index contributed by atoms with van der Waals surface area (Å²) in [7, 11) is 0. The lowest BCUT2D eigenvalue weighted by atomic mass is 9.77. The summed E-state index contributed by atoms with van der Waals surface area (Å²) in [5, 5.41) is 12.5. The predicted molar refractivity (Wildman–Crippen MR) is 71.3 cm³/mol. The van der Waals surface area contributed by atoms with Crippen molar-refractivity contribution in [3.05, 3.63) is 0 Å². The lowest BCUT2D eigenvalue weighted by molar-refractivity contribution is -0.133. The van der Waals surface area contributed by atoms with Crippen molar-refractivity contribution in [1.29, 1.82) is 0 Å². The van der Waals surface area contributed by atoms with E-state index in [1.54, 1.807) is 0 Å². The number of nitrogens with one attached hydrogen (secondary N) is 1. The summed E-state index contributed by atoms with van der Waals surface area (Å²) in [5.74, 6) is 0.556. The standard InChI is InChI=1S/C14H27NO3/c1-11-5-7-14(10-16,8-6-11)15-12(17)9-18-13(2,3)4/h11,16H,5-10H2,1-4H3,(H,15,17). The van der Waals surface area contributed by atoms with Gasteiger partial charge in [-0.2, -0.15) is 0 Å². The fourth-order valence-electron chi connectivity index (χ4n) is 2.25. The molecule has 0 unspecified atom stereocenters. The van der Waals surface area contributed by atoms with E-state index in [1.807, 2.05) is 20.8 Å². The Morgan fingerprint density at radius 3 is 2.39 bits per heavy atom. The molecule has 1 amide bonds. The number of aliphatic hydroxyl groups excluding tert-OH is 1. The van der Waals surface area contributed by atoms with E-state index in [1.165, 1.54) is 0 Å². The van der Waals surface area contributed by atoms with Crippen LogP contribution < -0.4 is 5.32 Å². The molecule has 0 aromatic carbocycles. The highest BCUT2D eigenvalue weighted by atomic mass is 16.5. The van der Waals surface area contributed by atoms with Crippen molar-refractivity contribution >= 4 is 5.91 Å². The van der Waals surface area contributed by atoms with Gasteiger partial charge in [-0.15, -0.1) is 0 Å². The van der Waals surface area contributed by atoms with Gasteiger partial charge in [-0.3, -0.25) is 4.79 Å². The molecule has 0 saturated heterocycles. The Labute approximate surface area is 110 Å². The van der Waals surface area contributed by atoms with Crippen molar-refractivity contribution < 1.29 is 14.6 Å². The summed E-state index contributed by atoms with van der Waals surface area (Å²) in [5.41, 5.74) is -0.740. The molecule has 0 radical (unpaired) electrons. The van der Waals surface area contributed by atoms with Crippen LogP contribution in [0.1, 0.15) is 53.4 Å². The molecule has 0 heterocycles. The molecule has 1 saturated carbocycles. The van der Waals surface area contributed by atoms with E-state index >= 15 is 0 Å². The Hall–Kier alpha value is -0.610. The third kappa shape index (κ3) is 4.94. The Balaban J connectivity index is 2.45. The minimum absolute atomic E-state index is 0.0149. The Morgan fingerprint density at radius 2 is 1.94 bits per heavy atom. The number of amides is 1. The minimum atomic E-state index is -0.426. The summed E-state index contributed by atoms with van der Waals surface area (Å²) in [4.78, 5) is 11.9. The minimum Gasteiger partial charge on any atom is -0.394 e. The highest BCUT2D eigenvalue weighted by Crippen LogP contribution is 2.31. The molecular formula is C14H27NO3. The predicted octanol–water partition coefficient (Wildman–Crippen LogP) is 1.86. The van der Waals surface area contributed by atoms with Gasteiger partial charge in [0.15, 0.2) is 0 Å². The maximum Gasteiger partial charge on any atom is 0.246 e. The van der Waals surface area contributed by atoms with Gasteiger partial charge in [-0.25, -0.2) is 0 Å². The van der Waals surface area contributed by atoms with Crippen LogP contribution in [-0.2, 0) is 9.53 Å². The van der Waals surface area contributed by atoms with Crippen molar-refractivity contribution in [1.82, 2.24) is 5.32 Å². The lowest BCUT2D eigenvalue weighted by Crippen LogP contribution is -2.54. The molecule has 0 aromatic rings. The van der Waals surface area contributed by atoms with Gasteiger partial charge in [0.2, 0.25) is 5.91 Å². The SMILES string of the molecule is CC1CCC(CO)(NC(=O)COC(C)(C)C)CC1. The molecule has 0 spiro atoms. The summed E-state index contributed by atoms with van der Waals surface area (Å²) < 4.78 is 5.45. The first-order chi connectivity index (χ1) is 8.26. The van der Waals surface area contributed by atoms with Crippen molar-refractivity contribution in [2.75, 3.05) is 13.2 Å². The van der Waals surface area contributed by atoms with Gasteiger partial charge < -0.3 is 15.2 Å². The fraction of sp³-hybridized carbons (Fsp3) is 0.929. The molecule has 0 aliphatic heterocycles. The third-order valence-electron chi connectivity index (χ3n) is 3.57. The van der Waals surface area contributed by atoms with Gasteiger partial charge in [0, 0.05) is 0 Å². The molecule has 4 nitrogen and oxygen atoms in total. The molecular weight excluding hydrogens is 230 g/mol. The van der Waals surface area contributed by atoms with Crippen LogP contribution in [0.15, 0.2) is 0 Å². The van der Waals surface area contributed by atoms with Gasteiger partial charge in [0.1, 0.15) is 6.61 Å². The van der Waals surface area contributed by atoms with E-state index in [0.29, 0.717) is 5.92 Å². The van der Waals surface area contributed by atoms with Gasteiger partial charge >= 0.3 is 0 Å². The van der Waals surface area contributed by atoms with Crippen LogP contribution in [0, 0.1) is 5.92 Å². The number of rotatable bonds is 4. The third-order valence-corrected chi connectivity index (χ3v) is 3.57. The van der Waals surface area contributed by atoms with Crippen molar-refractivity contribution in [2.45, 2.75) is 64.5 Å². The Bertz CT molecular complexity index is 275. The van der Waals surface area contributed by atoms with Gasteiger partial charge in [-0.05, 0) is 52.4 Å². The van der Waals surface area contributed by atoms with E-state index in [0.717, 1.165) is 25.7 Å². The van der Waals surface area contributed by atoms with Crippen LogP contribution >= 0.6 is 0 Å². The first-order valence-corrected chi connectivity index (χ1v) is 6.82. The summed E-state index contributed by atoms with van der Waals surface area (Å²) in [6.07, 6.45) is 3.82. The zero-order chi connectivity index (χ0) is 13.8. The zero-order valence-corrected chi connectivity index (χ0v) is 12.1. The molecule has 0 atom stereocenters. The van der Waals surface area contributed by atoms with E-state index in [4.69, 9.17) is 4.74 Å². The Morgan fingerprint density at radius 1 is 1.39 bits per heavy atom. The normalized spacial score (nSPS) is 29.1. The smallest absolute Gasteiger partial charge is 0.246 e. The second-order valence-electron chi connectivity index (χ2n) is 6.57. The maximum absolute atomic E-state index is 11.9. The molecule has 1 aliphatic carbocycles. The fourth-order valence-corrected chi connectivity index (χ4v) is 2.25. The average molecular weight is 257 g/mol. The number of carbonyl (C=O) groups excluding carboxylic acids is 1. The maximum atomic E-state index is 11.9. The first-order valence-electron chi connectivity index (χ1n) is 6.82. The number of hydrogen-bond donors (Lipinski definition) is 2. The summed E-state index contributed by atoms with van der Waals surface area (Å²) in [6.45, 7) is 8.05. The topological polar surface area (TPSA) is 58.6 Å². The monoisotopic (exact) mass is 257 g/mol. The second kappa shape index (κ2) is 6.02. The van der Waals surface area contributed by atoms with Crippen LogP contribution in [0.4, 0.5) is 0 Å². The quantitative estimate of drug-likeness (QED) is 0.808. The molecule has 4 heteroatoms. The summed E-state index contributed by atoms with van der Waals surface area (Å²) >= 11 is 0. The van der Waals surface area contributed by atoms with Crippen molar-refractivity contribution in [3.63, 3.8) is 0 Å². The molecule has 0 aromatic heterocycles. The number of carbonyl (C=O) groups is 1. The zero-order valence-electron chi connectivity index (χ0n) is 12.1. The van der Waals surface area contributed by atoms with Gasteiger partial charge in [0.05, 0.1) is 17.7 Å². The number of ether oxygens (including phenoxy) is 1. The van der Waals surface area contributed by atoms with Crippen molar-refractivity contribution in [3.8, 4) is 0 Å². The van der Waals surface area contributed by atoms with E-state index in [9.17, 15) is 9.90 Å². The van der Waals surface area contributed by atoms with E-state index < -0.39 is 5.54 Å². The molecule has 1 rings (SSSR count). The highest BCUT2D eigenvalue weighted by molar-refractivity contribution is 5.78. The van der Waals surface area contributed by atoms with Crippen LogP contribution in [0.25, 0.3) is 0 Å². The van der Waals surface area contributed by atoms with Crippen molar-refractivity contribution in [2.24, 2.45) is 5.92 Å².